The molecule has 0 aliphatic heterocycles. The van der Waals surface area contributed by atoms with Gasteiger partial charge in [0.15, 0.2) is 0 Å². The van der Waals surface area contributed by atoms with Crippen molar-refractivity contribution in [2.45, 2.75) is 39.7 Å². The summed E-state index contributed by atoms with van der Waals surface area (Å²) in [7, 11) is 0. The molecule has 2 N–H and O–H groups in total. The molecule has 0 fully saturated rings. The highest BCUT2D eigenvalue weighted by molar-refractivity contribution is 6.35. The SMILES string of the molecule is Cc1nc(C)c(CCC(=O)N[C@@H](C)c2ccc(Cl)cc2Cl)c(=O)[nH]1. The van der Waals surface area contributed by atoms with Crippen molar-refractivity contribution in [1.82, 2.24) is 15.3 Å². The first-order valence-corrected chi connectivity index (χ1v) is 8.34. The molecule has 0 saturated carbocycles. The summed E-state index contributed by atoms with van der Waals surface area (Å²) in [5.74, 6) is 0.407. The van der Waals surface area contributed by atoms with Crippen LogP contribution in [0.1, 0.15) is 42.0 Å². The molecule has 1 aromatic carbocycles. The van der Waals surface area contributed by atoms with Gasteiger partial charge < -0.3 is 10.3 Å². The molecule has 0 aliphatic rings. The molecule has 2 aromatic rings. The van der Waals surface area contributed by atoms with Crippen LogP contribution in [0.3, 0.4) is 0 Å². The predicted molar refractivity (Wildman–Crippen MR) is 95.7 cm³/mol. The van der Waals surface area contributed by atoms with E-state index in [1.807, 2.05) is 6.92 Å². The van der Waals surface area contributed by atoms with Crippen molar-refractivity contribution in [1.29, 1.82) is 0 Å². The Kier molecular flexibility index (Phi) is 6.02. The normalized spacial score (nSPS) is 12.0. The number of halogens is 2. The monoisotopic (exact) mass is 367 g/mol. The van der Waals surface area contributed by atoms with E-state index >= 15 is 0 Å². The van der Waals surface area contributed by atoms with Gasteiger partial charge in [0, 0.05) is 27.7 Å². The van der Waals surface area contributed by atoms with E-state index in [9.17, 15) is 9.59 Å². The Morgan fingerprint density at radius 2 is 2.04 bits per heavy atom. The van der Waals surface area contributed by atoms with Gasteiger partial charge in [0.2, 0.25) is 5.91 Å². The molecule has 5 nitrogen and oxygen atoms in total. The average Bonchev–Trinajstić information content (AvgIpc) is 2.45. The first-order valence-electron chi connectivity index (χ1n) is 7.58. The molecule has 0 saturated heterocycles. The van der Waals surface area contributed by atoms with Gasteiger partial charge in [-0.05, 0) is 44.9 Å². The van der Waals surface area contributed by atoms with Crippen LogP contribution in [0, 0.1) is 13.8 Å². The second kappa shape index (κ2) is 7.81. The zero-order valence-corrected chi connectivity index (χ0v) is 15.3. The summed E-state index contributed by atoms with van der Waals surface area (Å²) < 4.78 is 0. The minimum Gasteiger partial charge on any atom is -0.350 e. The lowest BCUT2D eigenvalue weighted by molar-refractivity contribution is -0.121. The van der Waals surface area contributed by atoms with E-state index in [0.717, 1.165) is 5.56 Å². The molecule has 2 rings (SSSR count). The summed E-state index contributed by atoms with van der Waals surface area (Å²) in [6.07, 6.45) is 0.533. The third kappa shape index (κ3) is 4.58. The first-order chi connectivity index (χ1) is 11.3. The Hall–Kier alpha value is -1.85. The lowest BCUT2D eigenvalue weighted by atomic mass is 10.1. The van der Waals surface area contributed by atoms with Crippen molar-refractivity contribution < 1.29 is 4.79 Å². The van der Waals surface area contributed by atoms with Crippen LogP contribution in [0.25, 0.3) is 0 Å². The Bertz CT molecular complexity index is 818. The van der Waals surface area contributed by atoms with E-state index in [1.165, 1.54) is 0 Å². The van der Waals surface area contributed by atoms with Gasteiger partial charge in [-0.2, -0.15) is 0 Å². The number of aromatic nitrogens is 2. The standard InChI is InChI=1S/C17H19Cl2N3O2/c1-9(13-5-4-12(18)8-15(13)19)21-16(23)7-6-14-10(2)20-11(3)22-17(14)24/h4-5,8-9H,6-7H2,1-3H3,(H,21,23)(H,20,22,24)/t9-/m0/s1. The molecule has 128 valence electrons. The van der Waals surface area contributed by atoms with E-state index in [0.29, 0.717) is 33.5 Å². The Morgan fingerprint density at radius 1 is 1.33 bits per heavy atom. The van der Waals surface area contributed by atoms with Gasteiger partial charge in [-0.25, -0.2) is 4.98 Å². The van der Waals surface area contributed by atoms with Gasteiger partial charge in [0.05, 0.1) is 6.04 Å². The molecule has 1 atom stereocenters. The number of nitrogens with one attached hydrogen (secondary N) is 2. The lowest BCUT2D eigenvalue weighted by Gasteiger charge is -2.16. The molecular formula is C17H19Cl2N3O2. The van der Waals surface area contributed by atoms with Crippen LogP contribution < -0.4 is 10.9 Å². The number of aromatic amines is 1. The van der Waals surface area contributed by atoms with Crippen molar-refractivity contribution in [3.8, 4) is 0 Å². The number of nitrogens with zero attached hydrogens (tertiary/aromatic N) is 1. The number of hydrogen-bond donors (Lipinski definition) is 2. The summed E-state index contributed by atoms with van der Waals surface area (Å²) in [6, 6.07) is 4.90. The van der Waals surface area contributed by atoms with E-state index in [1.54, 1.807) is 32.0 Å². The molecule has 1 heterocycles. The van der Waals surface area contributed by atoms with Crippen LogP contribution in [-0.4, -0.2) is 15.9 Å². The fourth-order valence-corrected chi connectivity index (χ4v) is 3.10. The van der Waals surface area contributed by atoms with Gasteiger partial charge in [-0.1, -0.05) is 29.3 Å². The highest BCUT2D eigenvalue weighted by Gasteiger charge is 2.14. The summed E-state index contributed by atoms with van der Waals surface area (Å²) in [5, 5.41) is 3.93. The number of aryl methyl sites for hydroxylation is 2. The summed E-state index contributed by atoms with van der Waals surface area (Å²) >= 11 is 12.0. The molecule has 1 amide bonds. The number of amides is 1. The minimum absolute atomic E-state index is 0.159. The number of hydrogen-bond acceptors (Lipinski definition) is 3. The maximum atomic E-state index is 12.2. The molecular weight excluding hydrogens is 349 g/mol. The zero-order valence-electron chi connectivity index (χ0n) is 13.7. The van der Waals surface area contributed by atoms with Crippen molar-refractivity contribution in [2.75, 3.05) is 0 Å². The first kappa shape index (κ1) is 18.5. The molecule has 0 radical (unpaired) electrons. The molecule has 0 spiro atoms. The van der Waals surface area contributed by atoms with Crippen molar-refractivity contribution in [3.63, 3.8) is 0 Å². The number of benzene rings is 1. The smallest absolute Gasteiger partial charge is 0.254 e. The Labute approximate surface area is 150 Å². The van der Waals surface area contributed by atoms with Gasteiger partial charge in [-0.3, -0.25) is 9.59 Å². The van der Waals surface area contributed by atoms with Gasteiger partial charge >= 0.3 is 0 Å². The molecule has 0 unspecified atom stereocenters. The molecule has 1 aromatic heterocycles. The van der Waals surface area contributed by atoms with E-state index in [4.69, 9.17) is 23.2 Å². The third-order valence-corrected chi connectivity index (χ3v) is 4.31. The number of H-pyrrole nitrogens is 1. The zero-order chi connectivity index (χ0) is 17.9. The van der Waals surface area contributed by atoms with E-state index < -0.39 is 0 Å². The van der Waals surface area contributed by atoms with E-state index in [-0.39, 0.29) is 23.9 Å². The van der Waals surface area contributed by atoms with Crippen molar-refractivity contribution in [3.05, 3.63) is 61.2 Å². The summed E-state index contributed by atoms with van der Waals surface area (Å²) in [4.78, 5) is 31.0. The molecule has 24 heavy (non-hydrogen) atoms. The van der Waals surface area contributed by atoms with Gasteiger partial charge in [-0.15, -0.1) is 0 Å². The predicted octanol–water partition coefficient (Wildman–Crippen LogP) is 3.50. The third-order valence-electron chi connectivity index (χ3n) is 3.75. The maximum Gasteiger partial charge on any atom is 0.254 e. The lowest BCUT2D eigenvalue weighted by Crippen LogP contribution is -2.28. The highest BCUT2D eigenvalue weighted by Crippen LogP contribution is 2.26. The largest absolute Gasteiger partial charge is 0.350 e. The molecule has 0 aliphatic carbocycles. The van der Waals surface area contributed by atoms with Gasteiger partial charge in [0.25, 0.3) is 5.56 Å². The fourth-order valence-electron chi connectivity index (χ4n) is 2.53. The molecule has 7 heteroatoms. The average molecular weight is 368 g/mol. The minimum atomic E-state index is -0.252. The van der Waals surface area contributed by atoms with Crippen LogP contribution in [0.2, 0.25) is 10.0 Å². The van der Waals surface area contributed by atoms with Crippen LogP contribution in [-0.2, 0) is 11.2 Å². The van der Waals surface area contributed by atoms with E-state index in [2.05, 4.69) is 15.3 Å². The number of carbonyl (C=O) groups is 1. The topological polar surface area (TPSA) is 74.8 Å². The highest BCUT2D eigenvalue weighted by atomic mass is 35.5. The Morgan fingerprint density at radius 3 is 2.67 bits per heavy atom. The van der Waals surface area contributed by atoms with Crippen LogP contribution in [0.15, 0.2) is 23.0 Å². The van der Waals surface area contributed by atoms with Gasteiger partial charge in [0.1, 0.15) is 5.82 Å². The van der Waals surface area contributed by atoms with Crippen LogP contribution in [0.4, 0.5) is 0 Å². The second-order valence-electron chi connectivity index (χ2n) is 5.67. The fraction of sp³-hybridized carbons (Fsp3) is 0.353. The Balaban J connectivity index is 2.00. The number of carbonyl (C=O) groups excluding carboxylic acids is 1. The number of rotatable bonds is 5. The van der Waals surface area contributed by atoms with Crippen LogP contribution >= 0.6 is 23.2 Å². The quantitative estimate of drug-likeness (QED) is 0.848. The maximum absolute atomic E-state index is 12.2. The van der Waals surface area contributed by atoms with Crippen LogP contribution in [0.5, 0.6) is 0 Å². The summed E-state index contributed by atoms with van der Waals surface area (Å²) in [6.45, 7) is 5.34. The van der Waals surface area contributed by atoms with Crippen molar-refractivity contribution in [2.24, 2.45) is 0 Å². The second-order valence-corrected chi connectivity index (χ2v) is 6.51. The van der Waals surface area contributed by atoms with Crippen molar-refractivity contribution >= 4 is 29.1 Å². The summed E-state index contributed by atoms with van der Waals surface area (Å²) in [5.41, 5.74) is 1.79. The molecule has 0 bridgehead atoms.